The van der Waals surface area contributed by atoms with Gasteiger partial charge < -0.3 is 15.0 Å². The zero-order valence-corrected chi connectivity index (χ0v) is 11.3. The highest BCUT2D eigenvalue weighted by Gasteiger charge is 2.18. The maximum absolute atomic E-state index is 5.57. The molecule has 2 heterocycles. The second kappa shape index (κ2) is 7.34. The fourth-order valence-electron chi connectivity index (χ4n) is 2.97. The standard InChI is InChI=1S/C14H28N2O/c1-13-12-14(6-11-17-13)15-7-10-16-8-4-2-3-5-9-16/h13-15H,2-12H2,1H3. The first-order valence-corrected chi connectivity index (χ1v) is 7.42. The highest BCUT2D eigenvalue weighted by atomic mass is 16.5. The van der Waals surface area contributed by atoms with Crippen molar-refractivity contribution in [3.63, 3.8) is 0 Å². The molecule has 0 saturated carbocycles. The van der Waals surface area contributed by atoms with E-state index in [1.54, 1.807) is 0 Å². The number of ether oxygens (including phenoxy) is 1. The lowest BCUT2D eigenvalue weighted by molar-refractivity contribution is 0.0130. The van der Waals surface area contributed by atoms with Crippen molar-refractivity contribution in [2.45, 2.75) is 57.6 Å². The largest absolute Gasteiger partial charge is 0.378 e. The second-order valence-corrected chi connectivity index (χ2v) is 5.61. The summed E-state index contributed by atoms with van der Waals surface area (Å²) in [5.41, 5.74) is 0. The maximum Gasteiger partial charge on any atom is 0.0561 e. The summed E-state index contributed by atoms with van der Waals surface area (Å²) in [5.74, 6) is 0. The van der Waals surface area contributed by atoms with E-state index in [0.717, 1.165) is 13.2 Å². The van der Waals surface area contributed by atoms with Gasteiger partial charge in [0.1, 0.15) is 0 Å². The molecule has 2 aliphatic rings. The van der Waals surface area contributed by atoms with Gasteiger partial charge in [0, 0.05) is 25.7 Å². The average molecular weight is 240 g/mol. The minimum atomic E-state index is 0.444. The number of hydrogen-bond acceptors (Lipinski definition) is 3. The molecule has 2 atom stereocenters. The summed E-state index contributed by atoms with van der Waals surface area (Å²) in [6.45, 7) is 8.12. The van der Waals surface area contributed by atoms with E-state index >= 15 is 0 Å². The zero-order valence-electron chi connectivity index (χ0n) is 11.3. The molecule has 0 aromatic heterocycles. The van der Waals surface area contributed by atoms with E-state index in [4.69, 9.17) is 4.74 Å². The molecule has 2 unspecified atom stereocenters. The Labute approximate surface area is 106 Å². The van der Waals surface area contributed by atoms with Crippen molar-refractivity contribution < 1.29 is 4.74 Å². The van der Waals surface area contributed by atoms with E-state index in [2.05, 4.69) is 17.1 Å². The average Bonchev–Trinajstić information content (AvgIpc) is 2.58. The first-order chi connectivity index (χ1) is 8.34. The van der Waals surface area contributed by atoms with E-state index in [9.17, 15) is 0 Å². The highest BCUT2D eigenvalue weighted by Crippen LogP contribution is 2.13. The molecule has 17 heavy (non-hydrogen) atoms. The van der Waals surface area contributed by atoms with Gasteiger partial charge in [0.15, 0.2) is 0 Å². The van der Waals surface area contributed by atoms with Gasteiger partial charge >= 0.3 is 0 Å². The topological polar surface area (TPSA) is 24.5 Å². The zero-order chi connectivity index (χ0) is 11.9. The SMILES string of the molecule is CC1CC(NCCN2CCCCCC2)CCO1. The van der Waals surface area contributed by atoms with Crippen LogP contribution < -0.4 is 5.32 Å². The van der Waals surface area contributed by atoms with Gasteiger partial charge in [-0.15, -0.1) is 0 Å². The van der Waals surface area contributed by atoms with Crippen molar-refractivity contribution >= 4 is 0 Å². The predicted molar refractivity (Wildman–Crippen MR) is 71.3 cm³/mol. The summed E-state index contributed by atoms with van der Waals surface area (Å²) in [5, 5.41) is 3.70. The van der Waals surface area contributed by atoms with Crippen molar-refractivity contribution in [1.29, 1.82) is 0 Å². The van der Waals surface area contributed by atoms with Crippen molar-refractivity contribution in [2.24, 2.45) is 0 Å². The summed E-state index contributed by atoms with van der Waals surface area (Å²) in [6.07, 6.45) is 8.47. The van der Waals surface area contributed by atoms with Gasteiger partial charge in [0.05, 0.1) is 6.10 Å². The predicted octanol–water partition coefficient (Wildman–Crippen LogP) is 2.02. The molecule has 0 radical (unpaired) electrons. The molecule has 0 aliphatic carbocycles. The van der Waals surface area contributed by atoms with Gasteiger partial charge in [-0.2, -0.15) is 0 Å². The lowest BCUT2D eigenvalue weighted by Crippen LogP contribution is -2.42. The molecule has 0 spiro atoms. The van der Waals surface area contributed by atoms with Gasteiger partial charge in [-0.3, -0.25) is 0 Å². The normalized spacial score (nSPS) is 32.3. The summed E-state index contributed by atoms with van der Waals surface area (Å²) in [4.78, 5) is 2.63. The molecule has 100 valence electrons. The van der Waals surface area contributed by atoms with Gasteiger partial charge in [-0.05, 0) is 45.7 Å². The Bertz CT molecular complexity index is 200. The molecular formula is C14H28N2O. The fraction of sp³-hybridized carbons (Fsp3) is 1.00. The van der Waals surface area contributed by atoms with Crippen LogP contribution in [0.4, 0.5) is 0 Å². The first-order valence-electron chi connectivity index (χ1n) is 7.42. The molecule has 0 aromatic carbocycles. The second-order valence-electron chi connectivity index (χ2n) is 5.61. The Morgan fingerprint density at radius 1 is 1.18 bits per heavy atom. The van der Waals surface area contributed by atoms with Crippen LogP contribution in [0.2, 0.25) is 0 Å². The van der Waals surface area contributed by atoms with Gasteiger partial charge in [-0.1, -0.05) is 12.8 Å². The van der Waals surface area contributed by atoms with Crippen LogP contribution >= 0.6 is 0 Å². The fourth-order valence-corrected chi connectivity index (χ4v) is 2.97. The molecule has 0 bridgehead atoms. The Balaban J connectivity index is 1.58. The molecule has 0 aromatic rings. The van der Waals surface area contributed by atoms with Crippen molar-refractivity contribution in [2.75, 3.05) is 32.8 Å². The van der Waals surface area contributed by atoms with Crippen molar-refractivity contribution in [3.05, 3.63) is 0 Å². The van der Waals surface area contributed by atoms with Gasteiger partial charge in [0.2, 0.25) is 0 Å². The molecule has 2 aliphatic heterocycles. The Morgan fingerprint density at radius 3 is 2.65 bits per heavy atom. The van der Waals surface area contributed by atoms with Gasteiger partial charge in [0.25, 0.3) is 0 Å². The number of nitrogens with one attached hydrogen (secondary N) is 1. The van der Waals surface area contributed by atoms with E-state index in [-0.39, 0.29) is 0 Å². The quantitative estimate of drug-likeness (QED) is 0.813. The molecular weight excluding hydrogens is 212 g/mol. The third-order valence-corrected chi connectivity index (χ3v) is 4.04. The molecule has 1 N–H and O–H groups in total. The number of likely N-dealkylation sites (tertiary alicyclic amines) is 1. The van der Waals surface area contributed by atoms with Crippen LogP contribution in [-0.2, 0) is 4.74 Å². The van der Waals surface area contributed by atoms with E-state index in [1.165, 1.54) is 58.2 Å². The molecule has 2 rings (SSSR count). The highest BCUT2D eigenvalue weighted by molar-refractivity contribution is 4.75. The summed E-state index contributed by atoms with van der Waals surface area (Å²) < 4.78 is 5.57. The third kappa shape index (κ3) is 4.94. The van der Waals surface area contributed by atoms with E-state index in [1.807, 2.05) is 0 Å². The van der Waals surface area contributed by atoms with Crippen LogP contribution in [0, 0.1) is 0 Å². The monoisotopic (exact) mass is 240 g/mol. The molecule has 0 amide bonds. The van der Waals surface area contributed by atoms with Crippen molar-refractivity contribution in [3.8, 4) is 0 Å². The molecule has 3 nitrogen and oxygen atoms in total. The minimum Gasteiger partial charge on any atom is -0.378 e. The van der Waals surface area contributed by atoms with Gasteiger partial charge in [-0.25, -0.2) is 0 Å². The minimum absolute atomic E-state index is 0.444. The number of hydrogen-bond donors (Lipinski definition) is 1. The summed E-state index contributed by atoms with van der Waals surface area (Å²) >= 11 is 0. The van der Waals surface area contributed by atoms with Crippen molar-refractivity contribution in [1.82, 2.24) is 10.2 Å². The maximum atomic E-state index is 5.57. The van der Waals surface area contributed by atoms with Crippen LogP contribution in [0.5, 0.6) is 0 Å². The molecule has 3 heteroatoms. The van der Waals surface area contributed by atoms with Crippen LogP contribution in [0.25, 0.3) is 0 Å². The molecule has 2 fully saturated rings. The smallest absolute Gasteiger partial charge is 0.0561 e. The Hall–Kier alpha value is -0.120. The third-order valence-electron chi connectivity index (χ3n) is 4.04. The summed E-state index contributed by atoms with van der Waals surface area (Å²) in [7, 11) is 0. The van der Waals surface area contributed by atoms with Crippen LogP contribution in [-0.4, -0.2) is 49.8 Å². The van der Waals surface area contributed by atoms with E-state index < -0.39 is 0 Å². The molecule has 2 saturated heterocycles. The van der Waals surface area contributed by atoms with E-state index in [0.29, 0.717) is 12.1 Å². The van der Waals surface area contributed by atoms with Crippen LogP contribution in [0.15, 0.2) is 0 Å². The lowest BCUT2D eigenvalue weighted by Gasteiger charge is -2.29. The lowest BCUT2D eigenvalue weighted by atomic mass is 10.0. The first kappa shape index (κ1) is 13.3. The Morgan fingerprint density at radius 2 is 1.94 bits per heavy atom. The Kier molecular flexibility index (Phi) is 5.75. The van der Waals surface area contributed by atoms with Crippen LogP contribution in [0.3, 0.4) is 0 Å². The number of rotatable bonds is 4. The number of nitrogens with zero attached hydrogens (tertiary/aromatic N) is 1. The summed E-state index contributed by atoms with van der Waals surface area (Å²) in [6, 6.07) is 0.686. The van der Waals surface area contributed by atoms with Crippen LogP contribution in [0.1, 0.15) is 45.4 Å².